The zero-order valence-corrected chi connectivity index (χ0v) is 16.9. The molecule has 0 fully saturated rings. The number of carbonyl (C=O) groups is 1. The van der Waals surface area contributed by atoms with Crippen molar-refractivity contribution in [2.45, 2.75) is 58.5 Å². The van der Waals surface area contributed by atoms with E-state index in [1.807, 2.05) is 30.0 Å². The average Bonchev–Trinajstić information content (AvgIpc) is 3.08. The molecule has 0 radical (unpaired) electrons. The van der Waals surface area contributed by atoms with Crippen LogP contribution in [0.15, 0.2) is 29.3 Å². The molecule has 6 nitrogen and oxygen atoms in total. The number of benzene rings is 1. The summed E-state index contributed by atoms with van der Waals surface area (Å²) in [6, 6.07) is 8.02. The van der Waals surface area contributed by atoms with Crippen LogP contribution in [0.5, 0.6) is 0 Å². The van der Waals surface area contributed by atoms with Crippen LogP contribution in [0, 0.1) is 0 Å². The quantitative estimate of drug-likeness (QED) is 0.458. The lowest BCUT2D eigenvalue weighted by atomic mass is 9.93. The summed E-state index contributed by atoms with van der Waals surface area (Å²) in [5.41, 5.74) is 1.47. The molecule has 0 saturated carbocycles. The van der Waals surface area contributed by atoms with Gasteiger partial charge in [-0.1, -0.05) is 44.9 Å². The van der Waals surface area contributed by atoms with Crippen molar-refractivity contribution >= 4 is 17.6 Å². The van der Waals surface area contributed by atoms with Gasteiger partial charge in [-0.25, -0.2) is 4.99 Å². The highest BCUT2D eigenvalue weighted by molar-refractivity contribution is 5.98. The number of hydrogen-bond acceptors (Lipinski definition) is 3. The first-order chi connectivity index (χ1) is 13.0. The van der Waals surface area contributed by atoms with Gasteiger partial charge in [0.05, 0.1) is 5.60 Å². The van der Waals surface area contributed by atoms with Crippen molar-refractivity contribution in [1.82, 2.24) is 10.6 Å². The normalized spacial score (nSPS) is 14.2. The van der Waals surface area contributed by atoms with Crippen LogP contribution in [-0.4, -0.2) is 48.8 Å². The first-order valence-electron chi connectivity index (χ1n) is 10.2. The van der Waals surface area contributed by atoms with E-state index in [1.165, 1.54) is 5.56 Å². The molecule has 27 heavy (non-hydrogen) atoms. The lowest BCUT2D eigenvalue weighted by Gasteiger charge is -2.28. The maximum atomic E-state index is 12.6. The topological polar surface area (TPSA) is 77.0 Å². The number of nitrogens with one attached hydrogen (secondary N) is 2. The van der Waals surface area contributed by atoms with Gasteiger partial charge in [-0.05, 0) is 37.8 Å². The Morgan fingerprint density at radius 3 is 2.56 bits per heavy atom. The van der Waals surface area contributed by atoms with Gasteiger partial charge in [-0.3, -0.25) is 4.79 Å². The molecule has 3 N–H and O–H groups in total. The molecular weight excluding hydrogens is 340 g/mol. The number of para-hydroxylation sites is 1. The van der Waals surface area contributed by atoms with Crippen LogP contribution in [0.3, 0.4) is 0 Å². The van der Waals surface area contributed by atoms with E-state index >= 15 is 0 Å². The van der Waals surface area contributed by atoms with E-state index in [0.29, 0.717) is 25.6 Å². The number of aliphatic hydroxyl groups is 1. The van der Waals surface area contributed by atoms with E-state index in [1.54, 1.807) is 0 Å². The second-order valence-electron chi connectivity index (χ2n) is 7.20. The van der Waals surface area contributed by atoms with Crippen LogP contribution in [0.4, 0.5) is 5.69 Å². The summed E-state index contributed by atoms with van der Waals surface area (Å²) in [6.07, 6.45) is 4.25. The molecule has 6 heteroatoms. The van der Waals surface area contributed by atoms with Crippen molar-refractivity contribution in [3.8, 4) is 0 Å². The summed E-state index contributed by atoms with van der Waals surface area (Å²) < 4.78 is 0. The largest absolute Gasteiger partial charge is 0.388 e. The standard InChI is InChI=1S/C21H34N4O2/c1-4-12-21(27,13-5-2)16-24-20(22-6-3)23-15-19(26)25-14-11-17-9-7-8-10-18(17)25/h7-10,27H,4-6,11-16H2,1-3H3,(H2,22,23,24). The Kier molecular flexibility index (Phi) is 8.10. The van der Waals surface area contributed by atoms with Gasteiger partial charge in [0.2, 0.25) is 5.91 Å². The molecule has 0 unspecified atom stereocenters. The van der Waals surface area contributed by atoms with Gasteiger partial charge in [0.1, 0.15) is 6.54 Å². The third-order valence-corrected chi connectivity index (χ3v) is 4.92. The minimum Gasteiger partial charge on any atom is -0.388 e. The Balaban J connectivity index is 1.97. The molecule has 1 aliphatic heterocycles. The maximum absolute atomic E-state index is 12.6. The van der Waals surface area contributed by atoms with Gasteiger partial charge in [-0.2, -0.15) is 0 Å². The van der Waals surface area contributed by atoms with Gasteiger partial charge in [0.25, 0.3) is 0 Å². The second-order valence-corrected chi connectivity index (χ2v) is 7.20. The van der Waals surface area contributed by atoms with E-state index in [-0.39, 0.29) is 12.5 Å². The SMILES string of the molecule is CCCC(O)(CCC)CNC(=NCC(=O)N1CCc2ccccc21)NCC. The highest BCUT2D eigenvalue weighted by atomic mass is 16.3. The summed E-state index contributed by atoms with van der Waals surface area (Å²) in [5, 5.41) is 17.1. The van der Waals surface area contributed by atoms with Crippen LogP contribution < -0.4 is 15.5 Å². The van der Waals surface area contributed by atoms with Gasteiger partial charge in [0, 0.05) is 25.3 Å². The maximum Gasteiger partial charge on any atom is 0.248 e. The number of amides is 1. The summed E-state index contributed by atoms with van der Waals surface area (Å²) in [4.78, 5) is 18.9. The Morgan fingerprint density at radius 2 is 1.89 bits per heavy atom. The molecule has 1 heterocycles. The molecule has 0 atom stereocenters. The Bertz CT molecular complexity index is 639. The zero-order chi connectivity index (χ0) is 19.7. The predicted octanol–water partition coefficient (Wildman–Crippen LogP) is 2.46. The van der Waals surface area contributed by atoms with E-state index < -0.39 is 5.60 Å². The minimum atomic E-state index is -0.738. The highest BCUT2D eigenvalue weighted by Crippen LogP contribution is 2.27. The molecule has 0 aromatic heterocycles. The van der Waals surface area contributed by atoms with Crippen LogP contribution in [0.25, 0.3) is 0 Å². The van der Waals surface area contributed by atoms with Crippen LogP contribution >= 0.6 is 0 Å². The zero-order valence-electron chi connectivity index (χ0n) is 16.9. The summed E-state index contributed by atoms with van der Waals surface area (Å²) in [6.45, 7) is 8.07. The molecule has 1 aromatic rings. The fourth-order valence-corrected chi connectivity index (χ4v) is 3.65. The summed E-state index contributed by atoms with van der Waals surface area (Å²) in [7, 11) is 0. The van der Waals surface area contributed by atoms with Crippen molar-refractivity contribution in [3.63, 3.8) is 0 Å². The second kappa shape index (κ2) is 10.3. The number of aliphatic imine (C=N–C) groups is 1. The van der Waals surface area contributed by atoms with Gasteiger partial charge in [-0.15, -0.1) is 0 Å². The van der Waals surface area contributed by atoms with E-state index in [9.17, 15) is 9.90 Å². The van der Waals surface area contributed by atoms with Gasteiger partial charge >= 0.3 is 0 Å². The number of carbonyl (C=O) groups excluding carboxylic acids is 1. The Labute approximate surface area is 163 Å². The summed E-state index contributed by atoms with van der Waals surface area (Å²) in [5.74, 6) is 0.568. The van der Waals surface area contributed by atoms with Crippen LogP contribution in [0.2, 0.25) is 0 Å². The summed E-state index contributed by atoms with van der Waals surface area (Å²) >= 11 is 0. The Morgan fingerprint density at radius 1 is 1.19 bits per heavy atom. The fourth-order valence-electron chi connectivity index (χ4n) is 3.65. The van der Waals surface area contributed by atoms with Crippen molar-refractivity contribution in [2.24, 2.45) is 4.99 Å². The number of rotatable bonds is 9. The molecule has 1 aromatic carbocycles. The molecule has 0 spiro atoms. The third-order valence-electron chi connectivity index (χ3n) is 4.92. The first-order valence-corrected chi connectivity index (χ1v) is 10.2. The predicted molar refractivity (Wildman–Crippen MR) is 111 cm³/mol. The monoisotopic (exact) mass is 374 g/mol. The number of nitrogens with zero attached hydrogens (tertiary/aromatic N) is 2. The average molecular weight is 375 g/mol. The number of guanidine groups is 1. The molecule has 1 aliphatic rings. The first kappa shape index (κ1) is 21.2. The van der Waals surface area contributed by atoms with Crippen molar-refractivity contribution < 1.29 is 9.90 Å². The van der Waals surface area contributed by atoms with Crippen LogP contribution in [-0.2, 0) is 11.2 Å². The highest BCUT2D eigenvalue weighted by Gasteiger charge is 2.26. The molecule has 0 saturated heterocycles. The molecule has 1 amide bonds. The Hall–Kier alpha value is -2.08. The smallest absolute Gasteiger partial charge is 0.248 e. The molecule has 150 valence electrons. The third kappa shape index (κ3) is 5.96. The minimum absolute atomic E-state index is 0.00506. The molecule has 0 bridgehead atoms. The van der Waals surface area contributed by atoms with Gasteiger partial charge in [0.15, 0.2) is 5.96 Å². The molecular formula is C21H34N4O2. The van der Waals surface area contributed by atoms with E-state index in [0.717, 1.165) is 37.8 Å². The fraction of sp³-hybridized carbons (Fsp3) is 0.619. The number of fused-ring (bicyclic) bond motifs is 1. The van der Waals surface area contributed by atoms with Crippen molar-refractivity contribution in [1.29, 1.82) is 0 Å². The van der Waals surface area contributed by atoms with E-state index in [4.69, 9.17) is 0 Å². The van der Waals surface area contributed by atoms with Crippen LogP contribution in [0.1, 0.15) is 52.0 Å². The molecule has 0 aliphatic carbocycles. The van der Waals surface area contributed by atoms with E-state index in [2.05, 4.69) is 35.5 Å². The lowest BCUT2D eigenvalue weighted by molar-refractivity contribution is -0.117. The lowest BCUT2D eigenvalue weighted by Crippen LogP contribution is -2.47. The number of anilines is 1. The van der Waals surface area contributed by atoms with Crippen molar-refractivity contribution in [3.05, 3.63) is 29.8 Å². The molecule has 2 rings (SSSR count). The van der Waals surface area contributed by atoms with Crippen molar-refractivity contribution in [2.75, 3.05) is 31.1 Å². The number of hydrogen-bond donors (Lipinski definition) is 3. The van der Waals surface area contributed by atoms with Gasteiger partial charge < -0.3 is 20.6 Å².